The zero-order chi connectivity index (χ0) is 12.4. The second-order valence-electron chi connectivity index (χ2n) is 4.00. The van der Waals surface area contributed by atoms with Gasteiger partial charge in [0, 0.05) is 12.7 Å². The number of ether oxygens (including phenoxy) is 1. The molecule has 0 amide bonds. The fraction of sp³-hybridized carbons (Fsp3) is 0.364. The van der Waals surface area contributed by atoms with Crippen LogP contribution in [0.1, 0.15) is 11.7 Å². The van der Waals surface area contributed by atoms with Crippen molar-refractivity contribution in [2.24, 2.45) is 0 Å². The molecule has 94 valence electrons. The fourth-order valence-electron chi connectivity index (χ4n) is 1.85. The minimum Gasteiger partial charge on any atom is -0.378 e. The van der Waals surface area contributed by atoms with Gasteiger partial charge in [-0.05, 0) is 6.07 Å². The van der Waals surface area contributed by atoms with Gasteiger partial charge in [-0.3, -0.25) is 4.98 Å². The predicted molar refractivity (Wildman–Crippen MR) is 65.7 cm³/mol. The third kappa shape index (κ3) is 2.22. The van der Waals surface area contributed by atoms with E-state index in [1.54, 1.807) is 23.1 Å². The molecule has 0 bridgehead atoms. The second kappa shape index (κ2) is 5.01. The molecule has 0 saturated carbocycles. The Kier molecular flexibility index (Phi) is 3.22. The summed E-state index contributed by atoms with van der Waals surface area (Å²) in [5, 5.41) is 12.1. The zero-order valence-electron chi connectivity index (χ0n) is 9.58. The van der Waals surface area contributed by atoms with E-state index in [2.05, 4.69) is 20.6 Å². The van der Waals surface area contributed by atoms with Gasteiger partial charge in [-0.25, -0.2) is 4.68 Å². The molecule has 1 fully saturated rings. The van der Waals surface area contributed by atoms with Gasteiger partial charge in [0.2, 0.25) is 0 Å². The van der Waals surface area contributed by atoms with Gasteiger partial charge in [0.25, 0.3) is 0 Å². The highest BCUT2D eigenvalue weighted by atomic mass is 35.5. The summed E-state index contributed by atoms with van der Waals surface area (Å²) in [7, 11) is 0. The summed E-state index contributed by atoms with van der Waals surface area (Å²) in [5.74, 6) is 0. The summed E-state index contributed by atoms with van der Waals surface area (Å²) in [6.07, 6.45) is 5.14. The number of morpholine rings is 1. The largest absolute Gasteiger partial charge is 0.378 e. The summed E-state index contributed by atoms with van der Waals surface area (Å²) in [5.41, 5.74) is 1.56. The number of hydrogen-bond acceptors (Lipinski definition) is 5. The molecule has 0 radical (unpaired) electrons. The molecule has 7 heteroatoms. The van der Waals surface area contributed by atoms with Crippen molar-refractivity contribution in [1.82, 2.24) is 25.3 Å². The smallest absolute Gasteiger partial charge is 0.103 e. The maximum absolute atomic E-state index is 6.08. The summed E-state index contributed by atoms with van der Waals surface area (Å²) >= 11 is 6.08. The van der Waals surface area contributed by atoms with E-state index in [0.717, 1.165) is 24.5 Å². The first-order valence-electron chi connectivity index (χ1n) is 5.68. The van der Waals surface area contributed by atoms with Crippen molar-refractivity contribution < 1.29 is 4.74 Å². The van der Waals surface area contributed by atoms with Crippen molar-refractivity contribution in [1.29, 1.82) is 0 Å². The van der Waals surface area contributed by atoms with Gasteiger partial charge < -0.3 is 10.1 Å². The van der Waals surface area contributed by atoms with Gasteiger partial charge in [0.1, 0.15) is 11.4 Å². The molecule has 0 aromatic carbocycles. The molecule has 3 heterocycles. The highest BCUT2D eigenvalue weighted by molar-refractivity contribution is 6.32. The van der Waals surface area contributed by atoms with Crippen molar-refractivity contribution in [3.63, 3.8) is 0 Å². The van der Waals surface area contributed by atoms with E-state index in [4.69, 9.17) is 16.3 Å². The molecule has 6 nitrogen and oxygen atoms in total. The Labute approximate surface area is 109 Å². The Bertz CT molecular complexity index is 538. The molecule has 1 aliphatic rings. The Morgan fingerprint density at radius 3 is 3.22 bits per heavy atom. The first-order valence-corrected chi connectivity index (χ1v) is 6.05. The molecule has 2 aromatic rings. The number of aromatic nitrogens is 4. The van der Waals surface area contributed by atoms with Crippen LogP contribution in [0.5, 0.6) is 0 Å². The number of nitrogens with one attached hydrogen (secondary N) is 1. The third-order valence-electron chi connectivity index (χ3n) is 2.79. The predicted octanol–water partition coefficient (Wildman–Crippen LogP) is 0.977. The highest BCUT2D eigenvalue weighted by Gasteiger charge is 2.19. The van der Waals surface area contributed by atoms with Crippen molar-refractivity contribution in [3.8, 4) is 5.69 Å². The van der Waals surface area contributed by atoms with Crippen LogP contribution in [0.4, 0.5) is 0 Å². The second-order valence-corrected chi connectivity index (χ2v) is 4.40. The molecule has 1 aliphatic heterocycles. The molecule has 1 N–H and O–H groups in total. The Balaban J connectivity index is 1.87. The Morgan fingerprint density at radius 2 is 2.44 bits per heavy atom. The summed E-state index contributed by atoms with van der Waals surface area (Å²) in [6, 6.07) is 1.81. The van der Waals surface area contributed by atoms with Gasteiger partial charge in [0.05, 0.1) is 36.7 Å². The minimum absolute atomic E-state index is 0.0861. The van der Waals surface area contributed by atoms with Crippen molar-refractivity contribution >= 4 is 11.6 Å². The van der Waals surface area contributed by atoms with E-state index in [1.807, 2.05) is 6.20 Å². The van der Waals surface area contributed by atoms with Crippen LogP contribution in [0.15, 0.2) is 24.7 Å². The lowest BCUT2D eigenvalue weighted by molar-refractivity contribution is 0.0756. The summed E-state index contributed by atoms with van der Waals surface area (Å²) < 4.78 is 7.02. The van der Waals surface area contributed by atoms with Gasteiger partial charge in [0.15, 0.2) is 0 Å². The topological polar surface area (TPSA) is 64.9 Å². The average Bonchev–Trinajstić information content (AvgIpc) is 2.90. The van der Waals surface area contributed by atoms with Crippen LogP contribution in [0, 0.1) is 0 Å². The van der Waals surface area contributed by atoms with Crippen LogP contribution in [0.25, 0.3) is 5.69 Å². The molecule has 18 heavy (non-hydrogen) atoms. The number of pyridine rings is 1. The minimum atomic E-state index is 0.0861. The number of hydrogen-bond donors (Lipinski definition) is 1. The van der Waals surface area contributed by atoms with E-state index in [9.17, 15) is 0 Å². The van der Waals surface area contributed by atoms with E-state index in [-0.39, 0.29) is 6.04 Å². The number of rotatable bonds is 2. The molecular weight excluding hydrogens is 254 g/mol. The van der Waals surface area contributed by atoms with Gasteiger partial charge in [-0.2, -0.15) is 0 Å². The van der Waals surface area contributed by atoms with Crippen molar-refractivity contribution in [3.05, 3.63) is 35.4 Å². The lowest BCUT2D eigenvalue weighted by atomic mass is 10.2. The van der Waals surface area contributed by atoms with Gasteiger partial charge >= 0.3 is 0 Å². The quantitative estimate of drug-likeness (QED) is 0.877. The van der Waals surface area contributed by atoms with Gasteiger partial charge in [-0.1, -0.05) is 16.8 Å². The van der Waals surface area contributed by atoms with Crippen LogP contribution in [0.3, 0.4) is 0 Å². The van der Waals surface area contributed by atoms with Crippen LogP contribution < -0.4 is 5.32 Å². The van der Waals surface area contributed by atoms with Crippen LogP contribution in [0.2, 0.25) is 5.02 Å². The summed E-state index contributed by atoms with van der Waals surface area (Å²) in [4.78, 5) is 4.03. The van der Waals surface area contributed by atoms with Crippen molar-refractivity contribution in [2.75, 3.05) is 19.8 Å². The summed E-state index contributed by atoms with van der Waals surface area (Å²) in [6.45, 7) is 2.17. The normalized spacial score (nSPS) is 19.9. The molecule has 1 atom stereocenters. The SMILES string of the molecule is Clc1ccncc1-n1cc(C2COCCN2)nn1. The number of nitrogens with zero attached hydrogens (tertiary/aromatic N) is 4. The van der Waals surface area contributed by atoms with E-state index in [0.29, 0.717) is 11.6 Å². The molecule has 2 aromatic heterocycles. The third-order valence-corrected chi connectivity index (χ3v) is 3.10. The zero-order valence-corrected chi connectivity index (χ0v) is 10.3. The first-order chi connectivity index (χ1) is 8.84. The van der Waals surface area contributed by atoms with E-state index in [1.165, 1.54) is 0 Å². The Hall–Kier alpha value is -1.50. The molecule has 1 unspecified atom stereocenters. The van der Waals surface area contributed by atoms with Crippen LogP contribution in [-0.2, 0) is 4.74 Å². The van der Waals surface area contributed by atoms with Gasteiger partial charge in [-0.15, -0.1) is 5.10 Å². The van der Waals surface area contributed by atoms with Crippen LogP contribution >= 0.6 is 11.6 Å². The molecule has 1 saturated heterocycles. The van der Waals surface area contributed by atoms with E-state index >= 15 is 0 Å². The molecule has 0 spiro atoms. The fourth-order valence-corrected chi connectivity index (χ4v) is 2.04. The maximum atomic E-state index is 6.08. The first kappa shape index (κ1) is 11.6. The maximum Gasteiger partial charge on any atom is 0.103 e. The van der Waals surface area contributed by atoms with Crippen LogP contribution in [-0.4, -0.2) is 39.7 Å². The highest BCUT2D eigenvalue weighted by Crippen LogP contribution is 2.19. The lowest BCUT2D eigenvalue weighted by Gasteiger charge is -2.21. The molecular formula is C11H12ClN5O. The van der Waals surface area contributed by atoms with Crippen molar-refractivity contribution in [2.45, 2.75) is 6.04 Å². The monoisotopic (exact) mass is 265 g/mol. The lowest BCUT2D eigenvalue weighted by Crippen LogP contribution is -2.34. The number of halogens is 1. The molecule has 0 aliphatic carbocycles. The molecule has 3 rings (SSSR count). The average molecular weight is 266 g/mol. The Morgan fingerprint density at radius 1 is 1.50 bits per heavy atom. The standard InChI is InChI=1S/C11H12ClN5O/c12-8-1-2-13-5-11(8)17-6-9(15-16-17)10-7-18-4-3-14-10/h1-2,5-6,10,14H,3-4,7H2. The van der Waals surface area contributed by atoms with E-state index < -0.39 is 0 Å².